The van der Waals surface area contributed by atoms with E-state index >= 15 is 0 Å². The largest absolute Gasteiger partial charge is 0.338 e. The molecule has 2 aromatic rings. The number of hydrogen-bond donors (Lipinski definition) is 2. The van der Waals surface area contributed by atoms with E-state index in [0.29, 0.717) is 6.54 Å². The highest BCUT2D eigenvalue weighted by atomic mass is 35.5. The van der Waals surface area contributed by atoms with Gasteiger partial charge in [-0.2, -0.15) is 0 Å². The minimum Gasteiger partial charge on any atom is -0.338 e. The lowest BCUT2D eigenvalue weighted by molar-refractivity contribution is 0.186. The van der Waals surface area contributed by atoms with Gasteiger partial charge in [-0.3, -0.25) is 4.90 Å². The molecule has 1 saturated heterocycles. The molecule has 0 atom stereocenters. The lowest BCUT2D eigenvalue weighted by Crippen LogP contribution is -2.47. The number of piperidine rings is 1. The minimum absolute atomic E-state index is 0.0409. The SMILES string of the molecule is O=C(NCCCSc1ccccc1)NC1CCN(Cc2ccc(Cl)cc2)CC1. The summed E-state index contributed by atoms with van der Waals surface area (Å²) in [7, 11) is 0. The summed E-state index contributed by atoms with van der Waals surface area (Å²) >= 11 is 7.77. The van der Waals surface area contributed by atoms with Crippen molar-refractivity contribution < 1.29 is 4.79 Å². The van der Waals surface area contributed by atoms with Crippen molar-refractivity contribution in [3.8, 4) is 0 Å². The molecule has 28 heavy (non-hydrogen) atoms. The van der Waals surface area contributed by atoms with Gasteiger partial charge >= 0.3 is 6.03 Å². The molecule has 0 radical (unpaired) electrons. The molecule has 1 aliphatic rings. The highest BCUT2D eigenvalue weighted by Gasteiger charge is 2.20. The van der Waals surface area contributed by atoms with Crippen LogP contribution in [0.25, 0.3) is 0 Å². The Morgan fingerprint density at radius 1 is 1.07 bits per heavy atom. The lowest BCUT2D eigenvalue weighted by Gasteiger charge is -2.32. The maximum atomic E-state index is 12.1. The van der Waals surface area contributed by atoms with Gasteiger partial charge in [-0.05, 0) is 54.8 Å². The quantitative estimate of drug-likeness (QED) is 0.479. The summed E-state index contributed by atoms with van der Waals surface area (Å²) in [5, 5.41) is 6.88. The van der Waals surface area contributed by atoms with E-state index in [1.807, 2.05) is 30.0 Å². The zero-order valence-electron chi connectivity index (χ0n) is 16.1. The number of rotatable bonds is 8. The van der Waals surface area contributed by atoms with E-state index in [-0.39, 0.29) is 12.1 Å². The molecule has 1 fully saturated rings. The summed E-state index contributed by atoms with van der Waals surface area (Å²) in [5.74, 6) is 1.01. The maximum Gasteiger partial charge on any atom is 0.315 e. The van der Waals surface area contributed by atoms with Crippen LogP contribution in [-0.2, 0) is 6.54 Å². The van der Waals surface area contributed by atoms with Crippen LogP contribution in [-0.4, -0.2) is 42.4 Å². The van der Waals surface area contributed by atoms with Gasteiger partial charge in [-0.25, -0.2) is 4.79 Å². The first-order chi connectivity index (χ1) is 13.7. The van der Waals surface area contributed by atoms with Crippen molar-refractivity contribution in [1.82, 2.24) is 15.5 Å². The van der Waals surface area contributed by atoms with Crippen molar-refractivity contribution in [1.29, 1.82) is 0 Å². The minimum atomic E-state index is -0.0409. The van der Waals surface area contributed by atoms with Crippen LogP contribution in [0.4, 0.5) is 4.79 Å². The molecule has 0 unspecified atom stereocenters. The van der Waals surface area contributed by atoms with Crippen LogP contribution in [0.1, 0.15) is 24.8 Å². The molecule has 1 heterocycles. The second-order valence-electron chi connectivity index (χ2n) is 7.09. The smallest absolute Gasteiger partial charge is 0.315 e. The third-order valence-corrected chi connectivity index (χ3v) is 6.21. The van der Waals surface area contributed by atoms with Crippen LogP contribution in [0.5, 0.6) is 0 Å². The Labute approximate surface area is 177 Å². The van der Waals surface area contributed by atoms with Crippen LogP contribution >= 0.6 is 23.4 Å². The number of likely N-dealkylation sites (tertiary alicyclic amines) is 1. The average molecular weight is 418 g/mol. The van der Waals surface area contributed by atoms with Crippen molar-refractivity contribution in [3.05, 3.63) is 65.2 Å². The van der Waals surface area contributed by atoms with Crippen LogP contribution in [0.15, 0.2) is 59.5 Å². The highest BCUT2D eigenvalue weighted by Crippen LogP contribution is 2.18. The van der Waals surface area contributed by atoms with Crippen LogP contribution in [0.3, 0.4) is 0 Å². The zero-order chi connectivity index (χ0) is 19.6. The Morgan fingerprint density at radius 2 is 1.79 bits per heavy atom. The number of nitrogens with zero attached hydrogens (tertiary/aromatic N) is 1. The Kier molecular flexibility index (Phi) is 8.52. The number of carbonyl (C=O) groups is 1. The van der Waals surface area contributed by atoms with Gasteiger partial charge in [0.05, 0.1) is 0 Å². The molecule has 0 aromatic heterocycles. The molecular formula is C22H28ClN3OS. The average Bonchev–Trinajstić information content (AvgIpc) is 2.72. The first-order valence-corrected chi connectivity index (χ1v) is 11.2. The fourth-order valence-corrected chi connectivity index (χ4v) is 4.30. The van der Waals surface area contributed by atoms with Gasteiger partial charge in [0.25, 0.3) is 0 Å². The number of urea groups is 1. The fourth-order valence-electron chi connectivity index (χ4n) is 3.30. The molecule has 2 amide bonds. The number of nitrogens with one attached hydrogen (secondary N) is 2. The van der Waals surface area contributed by atoms with Crippen LogP contribution in [0.2, 0.25) is 5.02 Å². The second kappa shape index (κ2) is 11.3. The molecular weight excluding hydrogens is 390 g/mol. The normalized spacial score (nSPS) is 15.3. The molecule has 2 N–H and O–H groups in total. The van der Waals surface area contributed by atoms with Gasteiger partial charge < -0.3 is 10.6 Å². The number of amides is 2. The topological polar surface area (TPSA) is 44.4 Å². The third-order valence-electron chi connectivity index (χ3n) is 4.86. The number of hydrogen-bond acceptors (Lipinski definition) is 3. The standard InChI is InChI=1S/C22H28ClN3OS/c23-19-9-7-18(8-10-19)17-26-14-11-20(12-15-26)25-22(27)24-13-4-16-28-21-5-2-1-3-6-21/h1-3,5-10,20H,4,11-17H2,(H2,24,25,27). The Morgan fingerprint density at radius 3 is 2.50 bits per heavy atom. The molecule has 0 saturated carbocycles. The summed E-state index contributed by atoms with van der Waals surface area (Å²) < 4.78 is 0. The predicted octanol–water partition coefficient (Wildman–Crippen LogP) is 4.79. The van der Waals surface area contributed by atoms with Gasteiger partial charge in [0.1, 0.15) is 0 Å². The zero-order valence-corrected chi connectivity index (χ0v) is 17.6. The van der Waals surface area contributed by atoms with E-state index < -0.39 is 0 Å². The van der Waals surface area contributed by atoms with Gasteiger partial charge in [0.2, 0.25) is 0 Å². The number of halogens is 1. The summed E-state index contributed by atoms with van der Waals surface area (Å²) in [6, 6.07) is 18.6. The monoisotopic (exact) mass is 417 g/mol. The molecule has 2 aromatic carbocycles. The lowest BCUT2D eigenvalue weighted by atomic mass is 10.0. The molecule has 3 rings (SSSR count). The summed E-state index contributed by atoms with van der Waals surface area (Å²) in [4.78, 5) is 15.8. The highest BCUT2D eigenvalue weighted by molar-refractivity contribution is 7.99. The molecule has 4 nitrogen and oxygen atoms in total. The number of benzene rings is 2. The van der Waals surface area contributed by atoms with Gasteiger partial charge in [0, 0.05) is 42.1 Å². The second-order valence-corrected chi connectivity index (χ2v) is 8.70. The van der Waals surface area contributed by atoms with Crippen molar-refractivity contribution >= 4 is 29.4 Å². The molecule has 0 aliphatic carbocycles. The van der Waals surface area contributed by atoms with E-state index in [1.165, 1.54) is 10.5 Å². The summed E-state index contributed by atoms with van der Waals surface area (Å²) in [6.07, 6.45) is 2.95. The van der Waals surface area contributed by atoms with Crippen molar-refractivity contribution in [2.75, 3.05) is 25.4 Å². The molecule has 0 bridgehead atoms. The maximum absolute atomic E-state index is 12.1. The van der Waals surface area contributed by atoms with E-state index in [4.69, 9.17) is 11.6 Å². The van der Waals surface area contributed by atoms with Crippen molar-refractivity contribution in [3.63, 3.8) is 0 Å². The van der Waals surface area contributed by atoms with Crippen molar-refractivity contribution in [2.24, 2.45) is 0 Å². The van der Waals surface area contributed by atoms with Crippen LogP contribution in [0, 0.1) is 0 Å². The van der Waals surface area contributed by atoms with E-state index in [1.54, 1.807) is 0 Å². The van der Waals surface area contributed by atoms with E-state index in [0.717, 1.165) is 49.7 Å². The van der Waals surface area contributed by atoms with Gasteiger partial charge in [-0.15, -0.1) is 11.8 Å². The van der Waals surface area contributed by atoms with Gasteiger partial charge in [0.15, 0.2) is 0 Å². The first kappa shape index (κ1) is 21.0. The Bertz CT molecular complexity index is 718. The summed E-state index contributed by atoms with van der Waals surface area (Å²) in [6.45, 7) is 3.65. The number of thioether (sulfide) groups is 1. The van der Waals surface area contributed by atoms with Crippen molar-refractivity contribution in [2.45, 2.75) is 36.7 Å². The number of carbonyl (C=O) groups excluding carboxylic acids is 1. The molecule has 150 valence electrons. The molecule has 0 spiro atoms. The first-order valence-electron chi connectivity index (χ1n) is 9.88. The Balaban J connectivity index is 1.26. The fraction of sp³-hybridized carbons (Fsp3) is 0.409. The van der Waals surface area contributed by atoms with Gasteiger partial charge in [-0.1, -0.05) is 41.9 Å². The van der Waals surface area contributed by atoms with E-state index in [9.17, 15) is 4.79 Å². The third kappa shape index (κ3) is 7.38. The molecule has 6 heteroatoms. The van der Waals surface area contributed by atoms with E-state index in [2.05, 4.69) is 51.9 Å². The van der Waals surface area contributed by atoms with Crippen LogP contribution < -0.4 is 10.6 Å². The predicted molar refractivity (Wildman–Crippen MR) is 118 cm³/mol. The Hall–Kier alpha value is -1.69. The summed E-state index contributed by atoms with van der Waals surface area (Å²) in [5.41, 5.74) is 1.28. The molecule has 1 aliphatic heterocycles.